The number of ether oxygens (including phenoxy) is 1. The van der Waals surface area contributed by atoms with E-state index < -0.39 is 21.2 Å². The summed E-state index contributed by atoms with van der Waals surface area (Å²) in [7, 11) is -1.29. The van der Waals surface area contributed by atoms with Crippen LogP contribution in [0.25, 0.3) is 0 Å². The lowest BCUT2D eigenvalue weighted by molar-refractivity contribution is 0.00256. The highest BCUT2D eigenvalue weighted by Gasteiger charge is 2.47. The minimum atomic E-state index is -1.29. The standard InChI is InChI=1S/C19H29FN2O4Si/c1-19(2,3)14-10-22(17(14)26-27(4)5)16-7-6-12(8-15(16)20)21-9-13(11-23)25-18(21)24/h6-8,13-14,17,23,27H,9-11H2,1-5H3/t13-,14?,17?/m1/s1. The number of anilines is 2. The Kier molecular flexibility index (Phi) is 5.51. The van der Waals surface area contributed by atoms with Gasteiger partial charge in [-0.3, -0.25) is 4.90 Å². The number of aliphatic hydroxyl groups is 1. The summed E-state index contributed by atoms with van der Waals surface area (Å²) >= 11 is 0. The van der Waals surface area contributed by atoms with Gasteiger partial charge in [-0.05, 0) is 36.7 Å². The zero-order chi connectivity index (χ0) is 19.9. The van der Waals surface area contributed by atoms with Crippen molar-refractivity contribution in [2.24, 2.45) is 11.3 Å². The largest absolute Gasteiger partial charge is 0.441 e. The summed E-state index contributed by atoms with van der Waals surface area (Å²) in [5.74, 6) is -0.0514. The van der Waals surface area contributed by atoms with E-state index in [1.165, 1.54) is 11.0 Å². The fourth-order valence-corrected chi connectivity index (χ4v) is 4.49. The van der Waals surface area contributed by atoms with E-state index in [1.807, 2.05) is 4.90 Å². The minimum absolute atomic E-state index is 0.0828. The van der Waals surface area contributed by atoms with Crippen LogP contribution >= 0.6 is 0 Å². The third kappa shape index (κ3) is 3.97. The molecule has 1 aromatic carbocycles. The maximum Gasteiger partial charge on any atom is 0.414 e. The van der Waals surface area contributed by atoms with Crippen LogP contribution in [0.5, 0.6) is 0 Å². The fraction of sp³-hybridized carbons (Fsp3) is 0.632. The van der Waals surface area contributed by atoms with Gasteiger partial charge in [-0.2, -0.15) is 0 Å². The fourth-order valence-electron chi connectivity index (χ4n) is 3.59. The van der Waals surface area contributed by atoms with Crippen molar-refractivity contribution in [1.29, 1.82) is 0 Å². The first kappa shape index (κ1) is 20.1. The van der Waals surface area contributed by atoms with E-state index in [0.29, 0.717) is 17.3 Å². The maximum atomic E-state index is 14.9. The zero-order valence-corrected chi connectivity index (χ0v) is 17.8. The van der Waals surface area contributed by atoms with Gasteiger partial charge < -0.3 is 19.2 Å². The van der Waals surface area contributed by atoms with Gasteiger partial charge >= 0.3 is 6.09 Å². The average molecular weight is 397 g/mol. The Labute approximate surface area is 161 Å². The molecule has 0 saturated carbocycles. The number of benzene rings is 1. The summed E-state index contributed by atoms with van der Waals surface area (Å²) in [5, 5.41) is 9.16. The van der Waals surface area contributed by atoms with Gasteiger partial charge in [0.05, 0.1) is 24.5 Å². The van der Waals surface area contributed by atoms with Gasteiger partial charge in [-0.25, -0.2) is 9.18 Å². The highest BCUT2D eigenvalue weighted by molar-refractivity contribution is 6.48. The molecule has 0 radical (unpaired) electrons. The van der Waals surface area contributed by atoms with Gasteiger partial charge in [0.2, 0.25) is 0 Å². The van der Waals surface area contributed by atoms with Crippen molar-refractivity contribution in [3.05, 3.63) is 24.0 Å². The number of hydrogen-bond donors (Lipinski definition) is 1. The van der Waals surface area contributed by atoms with Crippen molar-refractivity contribution < 1.29 is 23.5 Å². The number of hydrogen-bond acceptors (Lipinski definition) is 5. The molecule has 6 nitrogen and oxygen atoms in total. The topological polar surface area (TPSA) is 62.2 Å². The lowest BCUT2D eigenvalue weighted by Gasteiger charge is -2.55. The molecular weight excluding hydrogens is 367 g/mol. The predicted octanol–water partition coefficient (Wildman–Crippen LogP) is 2.95. The minimum Gasteiger partial charge on any atom is -0.441 e. The number of aliphatic hydroxyl groups excluding tert-OH is 1. The third-order valence-electron chi connectivity index (χ3n) is 5.20. The van der Waals surface area contributed by atoms with E-state index in [4.69, 9.17) is 14.3 Å². The molecule has 2 unspecified atom stereocenters. The van der Waals surface area contributed by atoms with E-state index in [2.05, 4.69) is 33.9 Å². The second kappa shape index (κ2) is 7.41. The number of rotatable bonds is 5. The Morgan fingerprint density at radius 3 is 2.56 bits per heavy atom. The van der Waals surface area contributed by atoms with Crippen molar-refractivity contribution in [2.75, 3.05) is 29.5 Å². The molecule has 1 N–H and O–H groups in total. The van der Waals surface area contributed by atoms with Crippen molar-refractivity contribution >= 4 is 26.5 Å². The number of nitrogens with zero attached hydrogens (tertiary/aromatic N) is 2. The molecule has 27 heavy (non-hydrogen) atoms. The Morgan fingerprint density at radius 1 is 1.33 bits per heavy atom. The molecule has 0 bridgehead atoms. The lowest BCUT2D eigenvalue weighted by atomic mass is 9.74. The third-order valence-corrected chi connectivity index (χ3v) is 6.02. The first-order valence-electron chi connectivity index (χ1n) is 9.42. The molecule has 0 aromatic heterocycles. The summed E-state index contributed by atoms with van der Waals surface area (Å²) in [4.78, 5) is 15.2. The maximum absolute atomic E-state index is 14.9. The van der Waals surface area contributed by atoms with Crippen molar-refractivity contribution in [1.82, 2.24) is 0 Å². The van der Waals surface area contributed by atoms with Gasteiger partial charge in [-0.1, -0.05) is 20.8 Å². The summed E-state index contributed by atoms with van der Waals surface area (Å²) in [6.45, 7) is 11.5. The quantitative estimate of drug-likeness (QED) is 0.776. The van der Waals surface area contributed by atoms with E-state index in [-0.39, 0.29) is 30.6 Å². The molecule has 1 aromatic rings. The summed E-state index contributed by atoms with van der Waals surface area (Å²) in [6.07, 6.45) is -1.26. The number of halogens is 1. The molecule has 8 heteroatoms. The summed E-state index contributed by atoms with van der Waals surface area (Å²) < 4.78 is 26.1. The zero-order valence-electron chi connectivity index (χ0n) is 16.6. The predicted molar refractivity (Wildman–Crippen MR) is 105 cm³/mol. The second-order valence-corrected chi connectivity index (χ2v) is 11.0. The lowest BCUT2D eigenvalue weighted by Crippen LogP contribution is -2.63. The average Bonchev–Trinajstić information content (AvgIpc) is 2.93. The van der Waals surface area contributed by atoms with Crippen LogP contribution < -0.4 is 9.80 Å². The van der Waals surface area contributed by atoms with Crippen LogP contribution in [-0.2, 0) is 9.16 Å². The highest BCUT2D eigenvalue weighted by Crippen LogP contribution is 2.43. The molecular formula is C19H29FN2O4Si. The van der Waals surface area contributed by atoms with Gasteiger partial charge in [-0.15, -0.1) is 0 Å². The number of carbonyl (C=O) groups excluding carboxylic acids is 1. The van der Waals surface area contributed by atoms with E-state index in [9.17, 15) is 9.18 Å². The van der Waals surface area contributed by atoms with Crippen LogP contribution in [0.2, 0.25) is 13.1 Å². The van der Waals surface area contributed by atoms with Crippen LogP contribution in [0.15, 0.2) is 18.2 Å². The Balaban J connectivity index is 1.80. The molecule has 0 aliphatic carbocycles. The first-order chi connectivity index (χ1) is 12.6. The first-order valence-corrected chi connectivity index (χ1v) is 12.2. The molecule has 2 fully saturated rings. The number of carbonyl (C=O) groups is 1. The second-order valence-electron chi connectivity index (χ2n) is 8.63. The van der Waals surface area contributed by atoms with Crippen LogP contribution in [0.4, 0.5) is 20.6 Å². The van der Waals surface area contributed by atoms with Crippen molar-refractivity contribution in [3.8, 4) is 0 Å². The Morgan fingerprint density at radius 2 is 2.04 bits per heavy atom. The molecule has 2 aliphatic heterocycles. The molecule has 2 saturated heterocycles. The number of amides is 1. The van der Waals surface area contributed by atoms with Gasteiger partial charge in [0.25, 0.3) is 0 Å². The summed E-state index contributed by atoms with van der Waals surface area (Å²) in [5.41, 5.74) is 1.01. The van der Waals surface area contributed by atoms with Crippen LogP contribution in [0.1, 0.15) is 20.8 Å². The van der Waals surface area contributed by atoms with Gasteiger partial charge in [0, 0.05) is 12.5 Å². The summed E-state index contributed by atoms with van der Waals surface area (Å²) in [6, 6.07) is 4.76. The molecule has 2 heterocycles. The SMILES string of the molecule is C[SiH](C)OC1C(C(C)(C)C)CN1c1ccc(N2C[C@H](CO)OC2=O)cc1F. The molecule has 150 valence electrons. The van der Waals surface area contributed by atoms with E-state index >= 15 is 0 Å². The smallest absolute Gasteiger partial charge is 0.414 e. The van der Waals surface area contributed by atoms with E-state index in [0.717, 1.165) is 6.54 Å². The molecule has 3 rings (SSSR count). The highest BCUT2D eigenvalue weighted by atomic mass is 28.3. The van der Waals surface area contributed by atoms with Crippen molar-refractivity contribution in [2.45, 2.75) is 46.2 Å². The van der Waals surface area contributed by atoms with Gasteiger partial charge in [0.15, 0.2) is 9.04 Å². The molecule has 1 amide bonds. The van der Waals surface area contributed by atoms with E-state index in [1.54, 1.807) is 12.1 Å². The van der Waals surface area contributed by atoms with Crippen LogP contribution in [0.3, 0.4) is 0 Å². The van der Waals surface area contributed by atoms with Crippen LogP contribution in [-0.4, -0.2) is 52.3 Å². The molecule has 3 atom stereocenters. The Bertz CT molecular complexity index is 709. The Hall–Kier alpha value is -1.64. The van der Waals surface area contributed by atoms with Crippen LogP contribution in [0, 0.1) is 17.2 Å². The monoisotopic (exact) mass is 396 g/mol. The van der Waals surface area contributed by atoms with Gasteiger partial charge in [0.1, 0.15) is 18.1 Å². The normalized spacial score (nSPS) is 25.8. The van der Waals surface area contributed by atoms with Crippen molar-refractivity contribution in [3.63, 3.8) is 0 Å². The molecule has 2 aliphatic rings. The molecule has 0 spiro atoms. The number of cyclic esters (lactones) is 1.